The van der Waals surface area contributed by atoms with E-state index < -0.39 is 29.2 Å². The van der Waals surface area contributed by atoms with Crippen LogP contribution in [0.4, 0.5) is 0 Å². The van der Waals surface area contributed by atoms with Crippen LogP contribution in [-0.2, 0) is 27.3 Å². The highest BCUT2D eigenvalue weighted by Gasteiger charge is 2.29. The highest BCUT2D eigenvalue weighted by atomic mass is 31.2. The lowest BCUT2D eigenvalue weighted by molar-refractivity contribution is 0.328. The van der Waals surface area contributed by atoms with Gasteiger partial charge in [0.15, 0.2) is 0 Å². The van der Waals surface area contributed by atoms with Gasteiger partial charge in [0, 0.05) is 39.4 Å². The molecule has 0 aromatic heterocycles. The number of hydrogen-bond acceptors (Lipinski definition) is 6. The summed E-state index contributed by atoms with van der Waals surface area (Å²) in [7, 11) is -9.78. The predicted molar refractivity (Wildman–Crippen MR) is 196 cm³/mol. The highest BCUT2D eigenvalue weighted by Crippen LogP contribution is 2.51. The first kappa shape index (κ1) is 45.4. The van der Waals surface area contributed by atoms with Gasteiger partial charge in [-0.05, 0) is 50.9 Å². The molecule has 0 saturated heterocycles. The Bertz CT molecular complexity index is 1210. The molecule has 7 nitrogen and oxygen atoms in total. The first-order chi connectivity index (χ1) is 20.2. The maximum atomic E-state index is 12.5. The van der Waals surface area contributed by atoms with Crippen LogP contribution >= 0.6 is 29.2 Å². The van der Waals surface area contributed by atoms with Crippen molar-refractivity contribution >= 4 is 39.9 Å². The summed E-state index contributed by atoms with van der Waals surface area (Å²) >= 11 is 0. The van der Waals surface area contributed by atoms with E-state index in [-0.39, 0.29) is 17.0 Å². The lowest BCUT2D eigenvalue weighted by Crippen LogP contribution is -2.14. The zero-order chi connectivity index (χ0) is 34.8. The number of hydrogen-bond donors (Lipinski definition) is 1. The maximum absolute atomic E-state index is 12.5. The van der Waals surface area contributed by atoms with Crippen molar-refractivity contribution in [3.05, 3.63) is 60.7 Å². The zero-order valence-electron chi connectivity index (χ0n) is 29.6. The molecular weight excluding hydrogens is 632 g/mol. The largest absolute Gasteiger partial charge is 0.341 e. The van der Waals surface area contributed by atoms with Gasteiger partial charge < -0.3 is 18.5 Å². The van der Waals surface area contributed by atoms with Gasteiger partial charge in [-0.3, -0.25) is 13.7 Å². The second-order valence-electron chi connectivity index (χ2n) is 11.6. The van der Waals surface area contributed by atoms with E-state index in [1.807, 2.05) is 112 Å². The van der Waals surface area contributed by atoms with Crippen LogP contribution in [0.15, 0.2) is 60.7 Å². The molecule has 1 N–H and O–H groups in total. The third kappa shape index (κ3) is 15.7. The molecule has 0 fully saturated rings. The Morgan fingerprint density at radius 3 is 1.20 bits per heavy atom. The van der Waals surface area contributed by atoms with E-state index in [1.54, 1.807) is 38.1 Å². The highest BCUT2D eigenvalue weighted by molar-refractivity contribution is 7.67. The average molecular weight is 695 g/mol. The summed E-state index contributed by atoms with van der Waals surface area (Å²) in [5, 5.41) is 1.36. The van der Waals surface area contributed by atoms with Gasteiger partial charge in [-0.15, -0.1) is 0 Å². The summed E-state index contributed by atoms with van der Waals surface area (Å²) in [6.07, 6.45) is 1.49. The van der Waals surface area contributed by atoms with Crippen LogP contribution in [-0.4, -0.2) is 59.7 Å². The van der Waals surface area contributed by atoms with Crippen LogP contribution in [0.25, 0.3) is 0 Å². The fraction of sp³-hybridized carbons (Fsp3) is 0.636. The quantitative estimate of drug-likeness (QED) is 0.220. The molecule has 0 amide bonds. The molecule has 0 aliphatic carbocycles. The van der Waals surface area contributed by atoms with Gasteiger partial charge in [0.1, 0.15) is 0 Å². The van der Waals surface area contributed by atoms with Crippen molar-refractivity contribution in [3.63, 3.8) is 0 Å². The third-order valence-corrected chi connectivity index (χ3v) is 19.3. The zero-order valence-corrected chi connectivity index (χ0v) is 33.2. The van der Waals surface area contributed by atoms with Crippen LogP contribution in [0.5, 0.6) is 0 Å². The van der Waals surface area contributed by atoms with Crippen molar-refractivity contribution in [2.45, 2.75) is 106 Å². The van der Waals surface area contributed by atoms with E-state index in [0.29, 0.717) is 30.3 Å². The van der Waals surface area contributed by atoms with Crippen LogP contribution in [0.1, 0.15) is 83.1 Å². The van der Waals surface area contributed by atoms with Crippen molar-refractivity contribution in [2.75, 3.05) is 32.2 Å². The Kier molecular flexibility index (Phi) is 22.6. The smallest absolute Gasteiger partial charge is 0.234 e. The van der Waals surface area contributed by atoms with E-state index >= 15 is 0 Å². The van der Waals surface area contributed by atoms with Crippen LogP contribution < -0.4 is 10.6 Å². The standard InChI is InChI=1S/C11H17O2P.C9H13O2P.C7H17O2P.C6H15OP/c1-4-13-14(12,10(2)3)11-8-6-5-7-9-11;1-8(2)12(10,11)9-6-4-3-5-7-9;1-5-9-10(8,6-2)7(3)4;1-5-8(4,7)6(2)3/h5-10H,4H2,1-3H3;3-8H,1-2H3,(H,10,11);7H,5-6H2,1-4H3;6H,5H2,1-4H3. The molecule has 0 bridgehead atoms. The van der Waals surface area contributed by atoms with Crippen molar-refractivity contribution in [3.8, 4) is 0 Å². The second-order valence-corrected chi connectivity index (χ2v) is 24.8. The Labute approximate surface area is 270 Å². The van der Waals surface area contributed by atoms with Gasteiger partial charge >= 0.3 is 0 Å². The van der Waals surface area contributed by atoms with E-state index in [2.05, 4.69) is 0 Å². The molecule has 2 aromatic carbocycles. The van der Waals surface area contributed by atoms with Gasteiger partial charge in [-0.1, -0.05) is 106 Å². The Morgan fingerprint density at radius 1 is 0.568 bits per heavy atom. The summed E-state index contributed by atoms with van der Waals surface area (Å²) in [5.74, 6) is 0. The van der Waals surface area contributed by atoms with E-state index in [9.17, 15) is 23.2 Å². The Morgan fingerprint density at radius 2 is 0.977 bits per heavy atom. The van der Waals surface area contributed by atoms with Crippen molar-refractivity contribution in [1.29, 1.82) is 0 Å². The minimum absolute atomic E-state index is 0.0323. The van der Waals surface area contributed by atoms with Gasteiger partial charge in [-0.2, -0.15) is 0 Å². The summed E-state index contributed by atoms with van der Waals surface area (Å²) in [6.45, 7) is 25.9. The Hall–Kier alpha value is -0.760. The molecule has 44 heavy (non-hydrogen) atoms. The first-order valence-corrected chi connectivity index (χ1v) is 23.4. The number of benzene rings is 2. The van der Waals surface area contributed by atoms with E-state index in [0.717, 1.165) is 11.5 Å². The topological polar surface area (TPSA) is 107 Å². The predicted octanol–water partition coefficient (Wildman–Crippen LogP) is 10.2. The molecule has 11 heteroatoms. The molecule has 0 saturated carbocycles. The molecule has 4 atom stereocenters. The van der Waals surface area contributed by atoms with Crippen LogP contribution in [0.2, 0.25) is 0 Å². The second kappa shape index (κ2) is 21.9. The SMILES string of the molecule is CC(C)P(=O)(O)c1ccccc1.CCOP(=O)(CC)C(C)C.CCOP(=O)(c1ccccc1)C(C)C.CCP(C)(=O)C(C)C. The molecule has 0 aliphatic heterocycles. The lowest BCUT2D eigenvalue weighted by atomic mass is 10.4. The van der Waals surface area contributed by atoms with Gasteiger partial charge in [0.25, 0.3) is 0 Å². The monoisotopic (exact) mass is 694 g/mol. The minimum Gasteiger partial charge on any atom is -0.341 e. The van der Waals surface area contributed by atoms with Gasteiger partial charge in [0.2, 0.25) is 22.1 Å². The van der Waals surface area contributed by atoms with Gasteiger partial charge in [-0.25, -0.2) is 0 Å². The first-order valence-electron chi connectivity index (χ1n) is 15.7. The lowest BCUT2D eigenvalue weighted by Gasteiger charge is -2.21. The molecule has 2 rings (SSSR count). The van der Waals surface area contributed by atoms with Crippen LogP contribution in [0, 0.1) is 0 Å². The van der Waals surface area contributed by atoms with Crippen molar-refractivity contribution in [2.24, 2.45) is 0 Å². The van der Waals surface area contributed by atoms with Crippen molar-refractivity contribution in [1.82, 2.24) is 0 Å². The van der Waals surface area contributed by atoms with Gasteiger partial charge in [0.05, 0.1) is 20.4 Å². The van der Waals surface area contributed by atoms with E-state index in [1.165, 1.54) is 0 Å². The number of rotatable bonds is 12. The minimum atomic E-state index is -3.12. The molecule has 0 radical (unpaired) electrons. The molecule has 0 aliphatic rings. The van der Waals surface area contributed by atoms with Crippen molar-refractivity contribution < 1.29 is 32.2 Å². The molecule has 4 unspecified atom stereocenters. The fourth-order valence-corrected chi connectivity index (χ4v) is 9.07. The summed E-state index contributed by atoms with van der Waals surface area (Å²) in [5.41, 5.74) is 0.356. The summed E-state index contributed by atoms with van der Waals surface area (Å²) in [4.78, 5) is 9.62. The molecule has 256 valence electrons. The molecular formula is C33H62O7P4. The summed E-state index contributed by atoms with van der Waals surface area (Å²) < 4.78 is 57.7. The summed E-state index contributed by atoms with van der Waals surface area (Å²) in [6, 6.07) is 18.2. The van der Waals surface area contributed by atoms with Crippen LogP contribution in [0.3, 0.4) is 0 Å². The molecule has 2 aromatic rings. The van der Waals surface area contributed by atoms with E-state index in [4.69, 9.17) is 9.05 Å². The maximum Gasteiger partial charge on any atom is 0.234 e. The molecule has 0 heterocycles. The third-order valence-electron chi connectivity index (χ3n) is 7.24. The molecule has 0 spiro atoms. The average Bonchev–Trinajstić information content (AvgIpc) is 2.98. The normalized spacial score (nSPS) is 16.6. The Balaban J connectivity index is 0. The fourth-order valence-electron chi connectivity index (χ4n) is 3.48.